The Bertz CT molecular complexity index is 544. The van der Waals surface area contributed by atoms with E-state index in [1.807, 2.05) is 6.07 Å². The zero-order chi connectivity index (χ0) is 17.2. The van der Waals surface area contributed by atoms with E-state index in [1.165, 1.54) is 37.7 Å². The summed E-state index contributed by atoms with van der Waals surface area (Å²) >= 11 is 0. The summed E-state index contributed by atoms with van der Waals surface area (Å²) in [5.41, 5.74) is 1.54. The fourth-order valence-corrected chi connectivity index (χ4v) is 5.34. The average Bonchev–Trinajstić information content (AvgIpc) is 3.00. The van der Waals surface area contributed by atoms with E-state index in [0.717, 1.165) is 12.8 Å². The van der Waals surface area contributed by atoms with E-state index < -0.39 is 0 Å². The molecule has 0 spiro atoms. The lowest BCUT2D eigenvalue weighted by Gasteiger charge is -2.40. The molecule has 0 heterocycles. The normalized spacial score (nSPS) is 28.5. The molecule has 0 unspecified atom stereocenters. The maximum atomic E-state index is 13.2. The molecule has 2 heteroatoms. The number of carbonyl (C=O) groups excluding carboxylic acids is 1. The lowest BCUT2D eigenvalue weighted by atomic mass is 9.70. The van der Waals surface area contributed by atoms with Crippen molar-refractivity contribution < 1.29 is 4.79 Å². The number of benzene rings is 1. The van der Waals surface area contributed by atoms with Gasteiger partial charge in [0.2, 0.25) is 5.91 Å². The quantitative estimate of drug-likeness (QED) is 0.799. The largest absolute Gasteiger partial charge is 0.353 e. The van der Waals surface area contributed by atoms with Crippen LogP contribution in [0.1, 0.15) is 77.2 Å². The summed E-state index contributed by atoms with van der Waals surface area (Å²) in [6, 6.07) is 10.8. The van der Waals surface area contributed by atoms with Gasteiger partial charge in [-0.2, -0.15) is 0 Å². The third kappa shape index (κ3) is 4.20. The topological polar surface area (TPSA) is 29.1 Å². The fourth-order valence-electron chi connectivity index (χ4n) is 5.34. The van der Waals surface area contributed by atoms with E-state index in [4.69, 9.17) is 0 Å². The van der Waals surface area contributed by atoms with Gasteiger partial charge in [0.1, 0.15) is 0 Å². The van der Waals surface area contributed by atoms with Crippen molar-refractivity contribution in [1.82, 2.24) is 5.32 Å². The third-order valence-electron chi connectivity index (χ3n) is 6.05. The molecule has 2 fully saturated rings. The molecule has 0 aromatic heterocycles. The highest BCUT2D eigenvalue weighted by Gasteiger charge is 2.36. The summed E-state index contributed by atoms with van der Waals surface area (Å²) in [5.74, 6) is 1.51. The molecule has 0 bridgehead atoms. The fraction of sp³-hybridized carbons (Fsp3) is 0.682. The third-order valence-corrected chi connectivity index (χ3v) is 6.05. The second-order valence-corrected chi connectivity index (χ2v) is 9.05. The zero-order valence-corrected chi connectivity index (χ0v) is 15.6. The van der Waals surface area contributed by atoms with Gasteiger partial charge in [-0.1, -0.05) is 63.9 Å². The molecule has 1 amide bonds. The summed E-state index contributed by atoms with van der Waals surface area (Å²) < 4.78 is 0. The van der Waals surface area contributed by atoms with E-state index in [2.05, 4.69) is 50.4 Å². The monoisotopic (exact) mass is 327 g/mol. The van der Waals surface area contributed by atoms with Crippen molar-refractivity contribution in [3.05, 3.63) is 35.9 Å². The van der Waals surface area contributed by atoms with Crippen molar-refractivity contribution in [2.24, 2.45) is 17.3 Å². The van der Waals surface area contributed by atoms with Crippen LogP contribution in [0, 0.1) is 17.3 Å². The Hall–Kier alpha value is -1.31. The number of hydrogen-bond donors (Lipinski definition) is 1. The standard InChI is InChI=1S/C22H33NO/c1-16-13-19(15-22(2,3)14-16)23-21(24)20(18-11-7-8-12-18)17-9-5-4-6-10-17/h4-6,9-10,16,18-20H,7-8,11-15H2,1-3H3,(H,23,24)/t16-,19-,20-/m1/s1. The van der Waals surface area contributed by atoms with Gasteiger partial charge in [0, 0.05) is 6.04 Å². The molecule has 2 aliphatic rings. The first-order chi connectivity index (χ1) is 11.4. The minimum Gasteiger partial charge on any atom is -0.353 e. The van der Waals surface area contributed by atoms with Crippen molar-refractivity contribution in [3.8, 4) is 0 Å². The minimum atomic E-state index is 0.0362. The van der Waals surface area contributed by atoms with Crippen LogP contribution in [0.3, 0.4) is 0 Å². The summed E-state index contributed by atoms with van der Waals surface area (Å²) in [4.78, 5) is 13.2. The Morgan fingerprint density at radius 1 is 1.12 bits per heavy atom. The molecule has 3 atom stereocenters. The maximum Gasteiger partial charge on any atom is 0.228 e. The van der Waals surface area contributed by atoms with E-state index >= 15 is 0 Å². The predicted octanol–water partition coefficient (Wildman–Crippen LogP) is 5.29. The van der Waals surface area contributed by atoms with E-state index in [0.29, 0.717) is 23.3 Å². The molecule has 24 heavy (non-hydrogen) atoms. The number of nitrogens with one attached hydrogen (secondary N) is 1. The minimum absolute atomic E-state index is 0.0362. The highest BCUT2D eigenvalue weighted by molar-refractivity contribution is 5.84. The second-order valence-electron chi connectivity index (χ2n) is 9.05. The van der Waals surface area contributed by atoms with Crippen LogP contribution in [0.4, 0.5) is 0 Å². The van der Waals surface area contributed by atoms with Gasteiger partial charge in [-0.05, 0) is 54.9 Å². The molecular formula is C22H33NO. The first-order valence-electron chi connectivity index (χ1n) is 9.80. The number of rotatable bonds is 4. The van der Waals surface area contributed by atoms with Crippen LogP contribution in [0.25, 0.3) is 0 Å². The summed E-state index contributed by atoms with van der Waals surface area (Å²) in [6.45, 7) is 7.01. The van der Waals surface area contributed by atoms with Gasteiger partial charge in [-0.3, -0.25) is 4.79 Å². The zero-order valence-electron chi connectivity index (χ0n) is 15.6. The van der Waals surface area contributed by atoms with Crippen LogP contribution in [-0.2, 0) is 4.79 Å². The highest BCUT2D eigenvalue weighted by atomic mass is 16.2. The van der Waals surface area contributed by atoms with Gasteiger partial charge in [0.05, 0.1) is 5.92 Å². The summed E-state index contributed by atoms with van der Waals surface area (Å²) in [6.07, 6.45) is 8.43. The first-order valence-corrected chi connectivity index (χ1v) is 9.80. The van der Waals surface area contributed by atoms with E-state index in [9.17, 15) is 4.79 Å². The van der Waals surface area contributed by atoms with Gasteiger partial charge in [0.15, 0.2) is 0 Å². The van der Waals surface area contributed by atoms with Crippen LogP contribution in [-0.4, -0.2) is 11.9 Å². The average molecular weight is 328 g/mol. The molecule has 0 aliphatic heterocycles. The Morgan fingerprint density at radius 3 is 2.42 bits per heavy atom. The van der Waals surface area contributed by atoms with E-state index in [-0.39, 0.29) is 11.8 Å². The Morgan fingerprint density at radius 2 is 1.79 bits per heavy atom. The predicted molar refractivity (Wildman–Crippen MR) is 99.9 cm³/mol. The smallest absolute Gasteiger partial charge is 0.228 e. The van der Waals surface area contributed by atoms with Crippen molar-refractivity contribution >= 4 is 5.91 Å². The summed E-state index contributed by atoms with van der Waals surface area (Å²) in [7, 11) is 0. The maximum absolute atomic E-state index is 13.2. The molecule has 3 rings (SSSR count). The van der Waals surface area contributed by atoms with Gasteiger partial charge >= 0.3 is 0 Å². The summed E-state index contributed by atoms with van der Waals surface area (Å²) in [5, 5.41) is 3.44. The van der Waals surface area contributed by atoms with Crippen LogP contribution < -0.4 is 5.32 Å². The number of hydrogen-bond acceptors (Lipinski definition) is 1. The molecular weight excluding hydrogens is 294 g/mol. The molecule has 0 radical (unpaired) electrons. The van der Waals surface area contributed by atoms with Gasteiger partial charge < -0.3 is 5.32 Å². The van der Waals surface area contributed by atoms with Gasteiger partial charge in [-0.15, -0.1) is 0 Å². The van der Waals surface area contributed by atoms with Gasteiger partial charge in [-0.25, -0.2) is 0 Å². The van der Waals surface area contributed by atoms with E-state index in [1.54, 1.807) is 0 Å². The molecule has 2 aliphatic carbocycles. The van der Waals surface area contributed by atoms with Crippen molar-refractivity contribution in [2.75, 3.05) is 0 Å². The number of amides is 1. The Kier molecular flexibility index (Phi) is 5.32. The Labute approximate surface area is 147 Å². The lowest BCUT2D eigenvalue weighted by Crippen LogP contribution is -2.45. The SMILES string of the molecule is C[C@@H]1C[C@@H](NC(=O)[C@H](c2ccccc2)C2CCCC2)CC(C)(C)C1. The van der Waals surface area contributed by atoms with Crippen LogP contribution in [0.15, 0.2) is 30.3 Å². The molecule has 132 valence electrons. The molecule has 0 saturated heterocycles. The number of carbonyl (C=O) groups is 1. The molecule has 2 nitrogen and oxygen atoms in total. The van der Waals surface area contributed by atoms with Crippen molar-refractivity contribution in [3.63, 3.8) is 0 Å². The first kappa shape index (κ1) is 17.5. The molecule has 2 saturated carbocycles. The van der Waals surface area contributed by atoms with Crippen LogP contribution >= 0.6 is 0 Å². The van der Waals surface area contributed by atoms with Crippen molar-refractivity contribution in [2.45, 2.75) is 77.7 Å². The highest BCUT2D eigenvalue weighted by Crippen LogP contribution is 2.40. The van der Waals surface area contributed by atoms with Crippen LogP contribution in [0.5, 0.6) is 0 Å². The van der Waals surface area contributed by atoms with Crippen LogP contribution in [0.2, 0.25) is 0 Å². The lowest BCUT2D eigenvalue weighted by molar-refractivity contribution is -0.125. The van der Waals surface area contributed by atoms with Gasteiger partial charge in [0.25, 0.3) is 0 Å². The Balaban J connectivity index is 1.74. The second kappa shape index (κ2) is 7.29. The molecule has 1 aromatic carbocycles. The molecule has 1 aromatic rings. The molecule has 1 N–H and O–H groups in total. The van der Waals surface area contributed by atoms with Crippen molar-refractivity contribution in [1.29, 1.82) is 0 Å².